The van der Waals surface area contributed by atoms with Gasteiger partial charge in [-0.25, -0.2) is 0 Å². The lowest BCUT2D eigenvalue weighted by Crippen LogP contribution is -2.61. The summed E-state index contributed by atoms with van der Waals surface area (Å²) in [6.07, 6.45) is 13.1. The number of allylic oxidation sites excluding steroid dienone is 9. The molecule has 9 rings (SSSR count). The van der Waals surface area contributed by atoms with Gasteiger partial charge >= 0.3 is 0 Å². The Kier molecular flexibility index (Phi) is 16.0. The molecule has 6 aliphatic rings. The standard InChI is InChI=1S/C63H75N3O8/c1-39-10-5-6-29-74-38-48-34-45(30-40(2)12-7-11-39)23-26-62(48)27-28-63(60(62)72)53-22-21-50(68)35-44-14-8-13-43(31-44)33-47(32-42-17-19-49(67)20-18-42)55(70)37-65-57-56-46(15-9-16-52(56)58(64)66-59(57)71)36-54(69)41(3)51(53)24-25-61(63,4)73/h8-9,11,13-20,23,26,30-31,34,47,50,53,55,57-58,60,65,67-68,70,72-73H,2,7,10,12,21-22,24-25,27-29,32-33,35-38,64H2,1,3-4H3,(H,66,71)/b39-11+,45-30+,51-41+/t47-,50-,53-,55+,57+,58+,60-,61-,62-,63-/m1/s1. The highest BCUT2D eigenvalue weighted by molar-refractivity contribution is 5.98. The summed E-state index contributed by atoms with van der Waals surface area (Å²) in [6, 6.07) is 19.7. The number of phenols is 1. The van der Waals surface area contributed by atoms with Crippen LogP contribution in [0.4, 0.5) is 0 Å². The number of hydrogen-bond donors (Lipinski definition) is 8. The van der Waals surface area contributed by atoms with Gasteiger partial charge in [-0.2, -0.15) is 0 Å². The fourth-order valence-corrected chi connectivity index (χ4v) is 13.4. The molecule has 3 heterocycles. The number of fused-ring (bicyclic) bond motifs is 6. The first-order valence-electron chi connectivity index (χ1n) is 26.7. The summed E-state index contributed by atoms with van der Waals surface area (Å²) in [5, 5.41) is 67.0. The number of ether oxygens (including phenoxy) is 1. The minimum atomic E-state index is -1.36. The van der Waals surface area contributed by atoms with Crippen molar-refractivity contribution in [2.45, 2.75) is 140 Å². The van der Waals surface area contributed by atoms with E-state index in [1.807, 2.05) is 62.4 Å². The number of aliphatic hydroxyl groups excluding tert-OH is 3. The van der Waals surface area contributed by atoms with Crippen LogP contribution >= 0.6 is 0 Å². The Labute approximate surface area is 437 Å². The van der Waals surface area contributed by atoms with E-state index in [-0.39, 0.29) is 49.5 Å². The molecule has 2 spiro atoms. The van der Waals surface area contributed by atoms with E-state index in [1.54, 1.807) is 12.1 Å². The molecule has 11 heteroatoms. The zero-order valence-electron chi connectivity index (χ0n) is 43.3. The molecule has 390 valence electrons. The van der Waals surface area contributed by atoms with Gasteiger partial charge in [0.1, 0.15) is 24.6 Å². The second-order valence-electron chi connectivity index (χ2n) is 22.4. The van der Waals surface area contributed by atoms with E-state index >= 15 is 4.79 Å². The summed E-state index contributed by atoms with van der Waals surface area (Å²) in [7, 11) is 0. The number of benzene rings is 3. The maximum Gasteiger partial charge on any atom is 0.243 e. The van der Waals surface area contributed by atoms with E-state index in [2.05, 4.69) is 72.4 Å². The number of aliphatic hydroxyl groups is 4. The molecule has 0 aromatic heterocycles. The normalized spacial score (nSPS) is 34.8. The molecule has 0 unspecified atom stereocenters. The molecule has 74 heavy (non-hydrogen) atoms. The molecule has 2 saturated carbocycles. The first-order valence-corrected chi connectivity index (χ1v) is 26.7. The van der Waals surface area contributed by atoms with Gasteiger partial charge < -0.3 is 41.3 Å². The molecular weight excluding hydrogens is 927 g/mol. The lowest BCUT2D eigenvalue weighted by Gasteiger charge is -2.57. The number of nitrogens with one attached hydrogen (secondary N) is 2. The number of ketones is 1. The van der Waals surface area contributed by atoms with Crippen molar-refractivity contribution in [1.82, 2.24) is 10.6 Å². The second kappa shape index (κ2) is 22.3. The zero-order chi connectivity index (χ0) is 52.4. The number of carbonyl (C=O) groups is 2. The SMILES string of the molecule is C=C1/C=C2\C=C[C@@]3(CC[C@@]4([C@@H]5CC[C@@H](O)Cc6cccc(c6)C[C@@H](Cc6ccc(O)cc6)[C@@H](O)CN[C@@H]6C(=O)N[C@H](N)c7cccc(c76)CC(=O)/C(C)=C/5CC[C@@]4(C)O)[C@@H]3O)C(=C2)COCC#CC/C(C)=C/CC1. The lowest BCUT2D eigenvalue weighted by atomic mass is 9.51. The van der Waals surface area contributed by atoms with E-state index in [0.29, 0.717) is 86.5 Å². The Morgan fingerprint density at radius 3 is 2.49 bits per heavy atom. The summed E-state index contributed by atoms with van der Waals surface area (Å²) < 4.78 is 6.30. The van der Waals surface area contributed by atoms with Crippen LogP contribution in [0.5, 0.6) is 5.75 Å². The Morgan fingerprint density at radius 1 is 0.919 bits per heavy atom. The molecule has 0 saturated heterocycles. The number of hydrogen-bond acceptors (Lipinski definition) is 10. The molecule has 4 bridgehead atoms. The highest BCUT2D eigenvalue weighted by Gasteiger charge is 2.68. The monoisotopic (exact) mass is 1000 g/mol. The van der Waals surface area contributed by atoms with Crippen LogP contribution in [0.1, 0.15) is 124 Å². The van der Waals surface area contributed by atoms with Crippen molar-refractivity contribution in [3.8, 4) is 17.6 Å². The molecule has 3 aliphatic heterocycles. The van der Waals surface area contributed by atoms with Crippen LogP contribution in [0.3, 0.4) is 0 Å². The van der Waals surface area contributed by atoms with Crippen molar-refractivity contribution in [3.05, 3.63) is 171 Å². The van der Waals surface area contributed by atoms with E-state index < -0.39 is 52.9 Å². The third-order valence-corrected chi connectivity index (χ3v) is 17.5. The van der Waals surface area contributed by atoms with E-state index in [1.165, 1.54) is 5.57 Å². The molecule has 3 aromatic carbocycles. The highest BCUT2D eigenvalue weighted by atomic mass is 16.5. The maximum atomic E-state index is 15.1. The second-order valence-corrected chi connectivity index (χ2v) is 22.4. The number of Topliss-reactive ketones (excluding diaryl/α,β-unsaturated/α-hetero) is 1. The number of rotatable bonds is 2. The molecule has 3 aromatic rings. The third kappa shape index (κ3) is 10.9. The summed E-state index contributed by atoms with van der Waals surface area (Å²) in [5.41, 5.74) is 13.5. The van der Waals surface area contributed by atoms with Gasteiger partial charge in [-0.05, 0) is 165 Å². The lowest BCUT2D eigenvalue weighted by molar-refractivity contribution is -0.174. The Balaban J connectivity index is 1.12. The molecule has 11 nitrogen and oxygen atoms in total. The summed E-state index contributed by atoms with van der Waals surface area (Å²) in [4.78, 5) is 29.1. The number of nitrogens with two attached hydrogens (primary N) is 1. The van der Waals surface area contributed by atoms with Crippen LogP contribution in [0, 0.1) is 34.5 Å². The average molecular weight is 1000 g/mol. The van der Waals surface area contributed by atoms with Gasteiger partial charge in [-0.15, -0.1) is 0 Å². The van der Waals surface area contributed by atoms with E-state index in [0.717, 1.165) is 51.8 Å². The molecule has 0 radical (unpaired) electrons. The average Bonchev–Trinajstić information content (AvgIpc) is 3.69. The van der Waals surface area contributed by atoms with Gasteiger partial charge in [0.15, 0.2) is 5.78 Å². The Morgan fingerprint density at radius 2 is 1.69 bits per heavy atom. The van der Waals surface area contributed by atoms with Crippen LogP contribution in [-0.4, -0.2) is 80.9 Å². The maximum absolute atomic E-state index is 15.1. The number of phenolic OH excluding ortho intramolecular Hbond substituents is 1. The van der Waals surface area contributed by atoms with Crippen molar-refractivity contribution in [2.24, 2.45) is 28.4 Å². The summed E-state index contributed by atoms with van der Waals surface area (Å²) in [6.45, 7) is 10.7. The van der Waals surface area contributed by atoms with Gasteiger partial charge in [0.05, 0.1) is 30.5 Å². The molecule has 9 N–H and O–H groups in total. The van der Waals surface area contributed by atoms with Crippen molar-refractivity contribution in [1.29, 1.82) is 0 Å². The van der Waals surface area contributed by atoms with Crippen molar-refractivity contribution in [2.75, 3.05) is 19.8 Å². The largest absolute Gasteiger partial charge is 0.508 e. The first kappa shape index (κ1) is 53.2. The summed E-state index contributed by atoms with van der Waals surface area (Å²) in [5.74, 6) is 5.26. The van der Waals surface area contributed by atoms with Gasteiger partial charge in [-0.1, -0.05) is 120 Å². The number of β-amino-alcohol motifs (C(OH)–C–C–N with tert-alkyl or cyclic N) is 1. The van der Waals surface area contributed by atoms with Crippen LogP contribution in [0.15, 0.2) is 137 Å². The summed E-state index contributed by atoms with van der Waals surface area (Å²) >= 11 is 0. The van der Waals surface area contributed by atoms with E-state index in [9.17, 15) is 30.3 Å². The third-order valence-electron chi connectivity index (χ3n) is 17.5. The van der Waals surface area contributed by atoms with Crippen molar-refractivity contribution < 1.29 is 39.9 Å². The predicted molar refractivity (Wildman–Crippen MR) is 288 cm³/mol. The minimum absolute atomic E-state index is 0.0333. The number of amides is 1. The minimum Gasteiger partial charge on any atom is -0.508 e. The fourth-order valence-electron chi connectivity index (χ4n) is 13.4. The number of aromatic hydroxyl groups is 1. The molecule has 1 amide bonds. The Bertz CT molecular complexity index is 2860. The quantitative estimate of drug-likeness (QED) is 0.0919. The van der Waals surface area contributed by atoms with E-state index in [4.69, 9.17) is 10.5 Å². The zero-order valence-corrected chi connectivity index (χ0v) is 43.3. The molecule has 10 atom stereocenters. The molecule has 2 fully saturated rings. The van der Waals surface area contributed by atoms with Crippen molar-refractivity contribution in [3.63, 3.8) is 0 Å². The highest BCUT2D eigenvalue weighted by Crippen LogP contribution is 2.67. The predicted octanol–water partition coefficient (Wildman–Crippen LogP) is 8.12. The molecule has 3 aliphatic carbocycles. The van der Waals surface area contributed by atoms with Gasteiger partial charge in [0.25, 0.3) is 0 Å². The smallest absolute Gasteiger partial charge is 0.243 e. The van der Waals surface area contributed by atoms with Crippen LogP contribution in [-0.2, 0) is 40.0 Å². The van der Waals surface area contributed by atoms with Gasteiger partial charge in [0, 0.05) is 30.2 Å². The van der Waals surface area contributed by atoms with Crippen LogP contribution < -0.4 is 16.4 Å². The molecular formula is C63H75N3O8. The first-order chi connectivity index (χ1) is 35.5. The van der Waals surface area contributed by atoms with Crippen molar-refractivity contribution >= 4 is 11.7 Å². The van der Waals surface area contributed by atoms with Crippen LogP contribution in [0.25, 0.3) is 0 Å². The number of carbonyl (C=O) groups excluding carboxylic acids is 2. The topological polar surface area (TPSA) is 195 Å². The fraction of sp³-hybridized carbons (Fsp3) is 0.460. The van der Waals surface area contributed by atoms with Crippen LogP contribution in [0.2, 0.25) is 0 Å². The Hall–Kier alpha value is -5.68. The van der Waals surface area contributed by atoms with Gasteiger partial charge in [-0.3, -0.25) is 14.9 Å². The van der Waals surface area contributed by atoms with Gasteiger partial charge in [0.2, 0.25) is 5.91 Å².